The van der Waals surface area contributed by atoms with Crippen LogP contribution in [0.5, 0.6) is 11.5 Å². The van der Waals surface area contributed by atoms with Gasteiger partial charge in [-0.25, -0.2) is 13.1 Å². The summed E-state index contributed by atoms with van der Waals surface area (Å²) in [6, 6.07) is 12.5. The molecule has 4 rings (SSSR count). The Morgan fingerprint density at radius 2 is 1.77 bits per heavy atom. The second-order valence-electron chi connectivity index (χ2n) is 6.80. The summed E-state index contributed by atoms with van der Waals surface area (Å²) >= 11 is 0. The second kappa shape index (κ2) is 6.57. The van der Waals surface area contributed by atoms with Crippen molar-refractivity contribution in [2.45, 2.75) is 29.8 Å². The average molecular weight is 375 g/mol. The van der Waals surface area contributed by atoms with Crippen LogP contribution < -0.4 is 14.2 Å². The first-order valence-corrected chi connectivity index (χ1v) is 10.1. The first-order valence-electron chi connectivity index (χ1n) is 8.64. The molecule has 0 spiro atoms. The van der Waals surface area contributed by atoms with Gasteiger partial charge in [0.1, 0.15) is 13.2 Å². The average Bonchev–Trinajstić information content (AvgIpc) is 2.66. The predicted molar refractivity (Wildman–Crippen MR) is 96.0 cm³/mol. The van der Waals surface area contributed by atoms with Crippen LogP contribution in [0, 0.1) is 0 Å². The number of rotatable bonds is 4. The van der Waals surface area contributed by atoms with E-state index in [0.717, 1.165) is 12.0 Å². The smallest absolute Gasteiger partial charge is 0.240 e. The molecule has 2 aromatic carbocycles. The minimum atomic E-state index is -3.75. The second-order valence-corrected chi connectivity index (χ2v) is 8.57. The van der Waals surface area contributed by atoms with Crippen LogP contribution in [-0.4, -0.2) is 38.9 Å². The molecular weight excluding hydrogens is 354 g/mol. The van der Waals surface area contributed by atoms with E-state index in [1.807, 2.05) is 24.3 Å². The van der Waals surface area contributed by atoms with Gasteiger partial charge in [-0.1, -0.05) is 24.3 Å². The molecule has 0 aromatic heterocycles. The number of aryl methyl sites for hydroxylation is 1. The molecule has 138 valence electrons. The third-order valence-electron chi connectivity index (χ3n) is 4.91. The molecule has 1 heterocycles. The third-order valence-corrected chi connectivity index (χ3v) is 6.31. The predicted octanol–water partition coefficient (Wildman–Crippen LogP) is 1.66. The normalized spacial score (nSPS) is 21.9. The van der Waals surface area contributed by atoms with Gasteiger partial charge in [0.05, 0.1) is 10.5 Å². The largest absolute Gasteiger partial charge is 0.486 e. The maximum Gasteiger partial charge on any atom is 0.240 e. The Bertz CT molecular complexity index is 927. The molecule has 0 unspecified atom stereocenters. The van der Waals surface area contributed by atoms with Gasteiger partial charge in [0.15, 0.2) is 11.5 Å². The van der Waals surface area contributed by atoms with Crippen molar-refractivity contribution in [2.24, 2.45) is 0 Å². The van der Waals surface area contributed by atoms with Gasteiger partial charge in [-0.3, -0.25) is 0 Å². The van der Waals surface area contributed by atoms with E-state index in [2.05, 4.69) is 4.72 Å². The standard InChI is InChI=1S/C19H21NO5S/c21-19(8-7-14-3-1-2-4-15(14)12-19)13-20-26(22,23)16-5-6-17-18(11-16)25-10-9-24-17/h1-6,11,20-21H,7-10,12-13H2/t19-/m0/s1. The Hall–Kier alpha value is -2.09. The fourth-order valence-electron chi connectivity index (χ4n) is 3.44. The molecule has 1 aliphatic carbocycles. The highest BCUT2D eigenvalue weighted by atomic mass is 32.2. The van der Waals surface area contributed by atoms with Crippen LogP contribution >= 0.6 is 0 Å². The summed E-state index contributed by atoms with van der Waals surface area (Å²) in [4.78, 5) is 0.0987. The van der Waals surface area contributed by atoms with Crippen LogP contribution in [0.4, 0.5) is 0 Å². The molecule has 0 bridgehead atoms. The summed E-state index contributed by atoms with van der Waals surface area (Å²) in [5, 5.41) is 10.8. The maximum absolute atomic E-state index is 12.6. The van der Waals surface area contributed by atoms with Gasteiger partial charge in [0.2, 0.25) is 10.0 Å². The van der Waals surface area contributed by atoms with E-state index >= 15 is 0 Å². The SMILES string of the molecule is O=S(=O)(NC[C@]1(O)CCc2ccccc2C1)c1ccc2c(c1)OCCO2. The number of hydrogen-bond donors (Lipinski definition) is 2. The van der Waals surface area contributed by atoms with Crippen molar-refractivity contribution < 1.29 is 23.0 Å². The van der Waals surface area contributed by atoms with Gasteiger partial charge in [-0.15, -0.1) is 0 Å². The van der Waals surface area contributed by atoms with E-state index in [9.17, 15) is 13.5 Å². The molecule has 0 saturated carbocycles. The van der Waals surface area contributed by atoms with Crippen LogP contribution in [0.3, 0.4) is 0 Å². The maximum atomic E-state index is 12.6. The van der Waals surface area contributed by atoms with E-state index in [1.54, 1.807) is 6.07 Å². The number of nitrogens with one attached hydrogen (secondary N) is 1. The molecule has 2 N–H and O–H groups in total. The highest BCUT2D eigenvalue weighted by Crippen LogP contribution is 2.33. The lowest BCUT2D eigenvalue weighted by Gasteiger charge is -2.33. The van der Waals surface area contributed by atoms with Gasteiger partial charge in [-0.2, -0.15) is 0 Å². The van der Waals surface area contributed by atoms with Gasteiger partial charge in [0.25, 0.3) is 0 Å². The molecule has 26 heavy (non-hydrogen) atoms. The monoisotopic (exact) mass is 375 g/mol. The van der Waals surface area contributed by atoms with Crippen molar-refractivity contribution in [3.63, 3.8) is 0 Å². The van der Waals surface area contributed by atoms with Crippen LogP contribution in [0.25, 0.3) is 0 Å². The summed E-state index contributed by atoms with van der Waals surface area (Å²) < 4.78 is 38.7. The Labute approximate surface area is 152 Å². The third kappa shape index (κ3) is 3.42. The van der Waals surface area contributed by atoms with E-state index in [4.69, 9.17) is 9.47 Å². The van der Waals surface area contributed by atoms with Crippen molar-refractivity contribution >= 4 is 10.0 Å². The summed E-state index contributed by atoms with van der Waals surface area (Å²) in [7, 11) is -3.75. The zero-order valence-corrected chi connectivity index (χ0v) is 15.1. The minimum Gasteiger partial charge on any atom is -0.486 e. The van der Waals surface area contributed by atoms with E-state index < -0.39 is 15.6 Å². The Morgan fingerprint density at radius 1 is 1.04 bits per heavy atom. The van der Waals surface area contributed by atoms with E-state index in [1.165, 1.54) is 17.7 Å². The molecule has 0 fully saturated rings. The fourth-order valence-corrected chi connectivity index (χ4v) is 4.57. The highest BCUT2D eigenvalue weighted by molar-refractivity contribution is 7.89. The molecule has 0 radical (unpaired) electrons. The number of fused-ring (bicyclic) bond motifs is 2. The van der Waals surface area contributed by atoms with Crippen LogP contribution in [0.15, 0.2) is 47.4 Å². The molecule has 0 amide bonds. The lowest BCUT2D eigenvalue weighted by Crippen LogP contribution is -2.46. The van der Waals surface area contributed by atoms with Crippen molar-refractivity contribution in [1.29, 1.82) is 0 Å². The van der Waals surface area contributed by atoms with Crippen molar-refractivity contribution in [3.05, 3.63) is 53.6 Å². The minimum absolute atomic E-state index is 0.0297. The van der Waals surface area contributed by atoms with Crippen molar-refractivity contribution in [1.82, 2.24) is 4.72 Å². The van der Waals surface area contributed by atoms with Crippen molar-refractivity contribution in [3.8, 4) is 11.5 Å². The number of ether oxygens (including phenoxy) is 2. The number of aliphatic hydroxyl groups is 1. The Balaban J connectivity index is 1.49. The Kier molecular flexibility index (Phi) is 4.38. The summed E-state index contributed by atoms with van der Waals surface area (Å²) in [5.41, 5.74) is 1.20. The lowest BCUT2D eigenvalue weighted by atomic mass is 9.80. The zero-order valence-electron chi connectivity index (χ0n) is 14.3. The first kappa shape index (κ1) is 17.3. The van der Waals surface area contributed by atoms with Gasteiger partial charge >= 0.3 is 0 Å². The van der Waals surface area contributed by atoms with Gasteiger partial charge in [-0.05, 0) is 36.1 Å². The van der Waals surface area contributed by atoms with Crippen LogP contribution in [-0.2, 0) is 22.9 Å². The van der Waals surface area contributed by atoms with E-state index in [-0.39, 0.29) is 11.4 Å². The summed E-state index contributed by atoms with van der Waals surface area (Å²) in [6.07, 6.45) is 1.69. The number of hydrogen-bond acceptors (Lipinski definition) is 5. The number of benzene rings is 2. The number of sulfonamides is 1. The zero-order chi connectivity index (χ0) is 18.2. The molecule has 1 aliphatic heterocycles. The summed E-state index contributed by atoms with van der Waals surface area (Å²) in [5.74, 6) is 0.960. The highest BCUT2D eigenvalue weighted by Gasteiger charge is 2.33. The van der Waals surface area contributed by atoms with Crippen LogP contribution in [0.1, 0.15) is 17.5 Å². The molecule has 2 aliphatic rings. The molecule has 0 saturated heterocycles. The molecular formula is C19H21NO5S. The summed E-state index contributed by atoms with van der Waals surface area (Å²) in [6.45, 7) is 0.813. The fraction of sp³-hybridized carbons (Fsp3) is 0.368. The van der Waals surface area contributed by atoms with Gasteiger partial charge in [0, 0.05) is 19.0 Å². The molecule has 2 aromatic rings. The van der Waals surface area contributed by atoms with Crippen molar-refractivity contribution in [2.75, 3.05) is 19.8 Å². The lowest BCUT2D eigenvalue weighted by molar-refractivity contribution is 0.0317. The Morgan fingerprint density at radius 3 is 2.58 bits per heavy atom. The quantitative estimate of drug-likeness (QED) is 0.849. The molecule has 1 atom stereocenters. The first-order chi connectivity index (χ1) is 12.5. The molecule has 6 nitrogen and oxygen atoms in total. The topological polar surface area (TPSA) is 84.9 Å². The van der Waals surface area contributed by atoms with Crippen LogP contribution in [0.2, 0.25) is 0 Å². The van der Waals surface area contributed by atoms with E-state index in [0.29, 0.717) is 37.6 Å². The van der Waals surface area contributed by atoms with Gasteiger partial charge < -0.3 is 14.6 Å². The molecule has 7 heteroatoms.